The van der Waals surface area contributed by atoms with Gasteiger partial charge in [-0.3, -0.25) is 0 Å². The lowest BCUT2D eigenvalue weighted by atomic mass is 9.68. The van der Waals surface area contributed by atoms with E-state index in [4.69, 9.17) is 0 Å². The molecule has 0 aromatic carbocycles. The highest BCUT2D eigenvalue weighted by atomic mass is 16.4. The summed E-state index contributed by atoms with van der Waals surface area (Å²) < 4.78 is 0. The van der Waals surface area contributed by atoms with Gasteiger partial charge in [0.15, 0.2) is 0 Å². The van der Waals surface area contributed by atoms with Gasteiger partial charge in [-0.15, -0.1) is 0 Å². The lowest BCUT2D eigenvalue weighted by Crippen LogP contribution is -2.27. The highest BCUT2D eigenvalue weighted by Gasteiger charge is 2.32. The first-order valence-electron chi connectivity index (χ1n) is 8.55. The van der Waals surface area contributed by atoms with Gasteiger partial charge in [0.05, 0.1) is 0 Å². The lowest BCUT2D eigenvalue weighted by molar-refractivity contribution is -0.133. The van der Waals surface area contributed by atoms with E-state index in [9.17, 15) is 9.90 Å². The second-order valence-electron chi connectivity index (χ2n) is 7.00. The first-order valence-corrected chi connectivity index (χ1v) is 8.55. The molecule has 0 heterocycles. The molecule has 2 rings (SSSR count). The molecule has 0 aromatic heterocycles. The second-order valence-corrected chi connectivity index (χ2v) is 7.00. The minimum absolute atomic E-state index is 0.311. The molecule has 1 N–H and O–H groups in total. The van der Waals surface area contributed by atoms with Gasteiger partial charge in [-0.25, -0.2) is 4.79 Å². The molecule has 0 saturated heterocycles. The van der Waals surface area contributed by atoms with Gasteiger partial charge in [0, 0.05) is 5.57 Å². The molecular formula is C18H30O2. The maximum atomic E-state index is 11.3. The van der Waals surface area contributed by atoms with E-state index in [1.54, 1.807) is 0 Å². The Bertz CT molecular complexity index is 342. The number of rotatable bonds is 4. The van der Waals surface area contributed by atoms with Crippen molar-refractivity contribution in [1.82, 2.24) is 0 Å². The standard InChI is InChI=1S/C18H30O2/c1-3-4-17(18(19)20)16-11-9-15(10-12-16)14-7-5-13(2)6-8-14/h4,13-16H,3,5-12H2,1-2H3,(H,19,20)/t13-,14-,15-,16-. The summed E-state index contributed by atoms with van der Waals surface area (Å²) in [5.74, 6) is 2.34. The summed E-state index contributed by atoms with van der Waals surface area (Å²) in [7, 11) is 0. The van der Waals surface area contributed by atoms with Gasteiger partial charge < -0.3 is 5.11 Å². The van der Waals surface area contributed by atoms with Gasteiger partial charge in [-0.05, 0) is 68.6 Å². The number of carbonyl (C=O) groups is 1. The molecule has 20 heavy (non-hydrogen) atoms. The summed E-state index contributed by atoms with van der Waals surface area (Å²) >= 11 is 0. The number of allylic oxidation sites excluding steroid dienone is 1. The van der Waals surface area contributed by atoms with Crippen molar-refractivity contribution in [2.75, 3.05) is 0 Å². The zero-order valence-corrected chi connectivity index (χ0v) is 13.1. The molecule has 0 radical (unpaired) electrons. The molecule has 114 valence electrons. The molecule has 0 unspecified atom stereocenters. The Morgan fingerprint density at radius 3 is 1.95 bits per heavy atom. The summed E-state index contributed by atoms with van der Waals surface area (Å²) in [6, 6.07) is 0. The first-order chi connectivity index (χ1) is 9.61. The van der Waals surface area contributed by atoms with E-state index in [2.05, 4.69) is 6.92 Å². The topological polar surface area (TPSA) is 37.3 Å². The predicted octanol–water partition coefficient (Wildman–Crippen LogP) is 5.04. The molecule has 2 heteroatoms. The van der Waals surface area contributed by atoms with E-state index >= 15 is 0 Å². The Balaban J connectivity index is 1.85. The molecule has 2 aliphatic rings. The van der Waals surface area contributed by atoms with Crippen LogP contribution in [0.2, 0.25) is 0 Å². The molecule has 0 spiro atoms. The maximum Gasteiger partial charge on any atom is 0.331 e. The molecule has 0 bridgehead atoms. The first kappa shape index (κ1) is 15.6. The average Bonchev–Trinajstić information content (AvgIpc) is 2.45. The van der Waals surface area contributed by atoms with E-state index in [0.29, 0.717) is 11.5 Å². The molecular weight excluding hydrogens is 248 g/mol. The van der Waals surface area contributed by atoms with Crippen LogP contribution in [0.3, 0.4) is 0 Å². The zero-order valence-electron chi connectivity index (χ0n) is 13.1. The van der Waals surface area contributed by atoms with Crippen LogP contribution in [0.25, 0.3) is 0 Å². The Morgan fingerprint density at radius 1 is 1.00 bits per heavy atom. The van der Waals surface area contributed by atoms with Crippen LogP contribution in [0.1, 0.15) is 71.6 Å². The van der Waals surface area contributed by atoms with E-state index in [-0.39, 0.29) is 0 Å². The van der Waals surface area contributed by atoms with Crippen LogP contribution in [0.5, 0.6) is 0 Å². The van der Waals surface area contributed by atoms with Crippen LogP contribution in [-0.2, 0) is 4.79 Å². The van der Waals surface area contributed by atoms with Crippen molar-refractivity contribution < 1.29 is 9.90 Å². The lowest BCUT2D eigenvalue weighted by Gasteiger charge is -2.37. The van der Waals surface area contributed by atoms with E-state index < -0.39 is 5.97 Å². The Hall–Kier alpha value is -0.790. The van der Waals surface area contributed by atoms with Crippen molar-refractivity contribution in [3.05, 3.63) is 11.6 Å². The number of carboxylic acids is 1. The average molecular weight is 278 g/mol. The molecule has 2 aliphatic carbocycles. The largest absolute Gasteiger partial charge is 0.478 e. The fraction of sp³-hybridized carbons (Fsp3) is 0.833. The predicted molar refractivity (Wildman–Crippen MR) is 82.6 cm³/mol. The summed E-state index contributed by atoms with van der Waals surface area (Å²) in [5.41, 5.74) is 0.684. The van der Waals surface area contributed by atoms with E-state index in [1.165, 1.54) is 38.5 Å². The van der Waals surface area contributed by atoms with Crippen LogP contribution in [-0.4, -0.2) is 11.1 Å². The second kappa shape index (κ2) is 7.28. The quantitative estimate of drug-likeness (QED) is 0.731. The molecule has 2 fully saturated rings. The summed E-state index contributed by atoms with van der Waals surface area (Å²) in [6.45, 7) is 4.40. The molecule has 2 saturated carbocycles. The van der Waals surface area contributed by atoms with Gasteiger partial charge in [-0.1, -0.05) is 32.8 Å². The van der Waals surface area contributed by atoms with Gasteiger partial charge >= 0.3 is 5.97 Å². The van der Waals surface area contributed by atoms with E-state index in [1.807, 2.05) is 13.0 Å². The third-order valence-electron chi connectivity index (χ3n) is 5.61. The van der Waals surface area contributed by atoms with Gasteiger partial charge in [0.1, 0.15) is 0 Å². The fourth-order valence-corrected chi connectivity index (χ4v) is 4.31. The minimum Gasteiger partial charge on any atom is -0.478 e. The van der Waals surface area contributed by atoms with Gasteiger partial charge in [0.25, 0.3) is 0 Å². The van der Waals surface area contributed by atoms with Crippen molar-refractivity contribution in [2.45, 2.75) is 71.6 Å². The maximum absolute atomic E-state index is 11.3. The monoisotopic (exact) mass is 278 g/mol. The van der Waals surface area contributed by atoms with Crippen LogP contribution >= 0.6 is 0 Å². The zero-order chi connectivity index (χ0) is 14.5. The Kier molecular flexibility index (Phi) is 5.68. The smallest absolute Gasteiger partial charge is 0.331 e. The third-order valence-corrected chi connectivity index (χ3v) is 5.61. The number of aliphatic carboxylic acids is 1. The molecule has 0 amide bonds. The number of hydrogen-bond acceptors (Lipinski definition) is 1. The molecule has 2 nitrogen and oxygen atoms in total. The Labute approximate surface area is 123 Å². The van der Waals surface area contributed by atoms with E-state index in [0.717, 1.165) is 37.0 Å². The fourth-order valence-electron chi connectivity index (χ4n) is 4.31. The number of hydrogen-bond donors (Lipinski definition) is 1. The normalized spacial score (nSPS) is 35.8. The third kappa shape index (κ3) is 3.86. The summed E-state index contributed by atoms with van der Waals surface area (Å²) in [4.78, 5) is 11.3. The highest BCUT2D eigenvalue weighted by molar-refractivity contribution is 5.87. The van der Waals surface area contributed by atoms with Gasteiger partial charge in [0.2, 0.25) is 0 Å². The minimum atomic E-state index is -0.693. The molecule has 0 aromatic rings. The van der Waals surface area contributed by atoms with Crippen LogP contribution in [0.15, 0.2) is 11.6 Å². The van der Waals surface area contributed by atoms with Crippen molar-refractivity contribution in [3.63, 3.8) is 0 Å². The van der Waals surface area contributed by atoms with Gasteiger partial charge in [-0.2, -0.15) is 0 Å². The van der Waals surface area contributed by atoms with Crippen molar-refractivity contribution in [1.29, 1.82) is 0 Å². The van der Waals surface area contributed by atoms with Crippen molar-refractivity contribution in [2.24, 2.45) is 23.7 Å². The molecule has 0 atom stereocenters. The van der Waals surface area contributed by atoms with Crippen LogP contribution in [0, 0.1) is 23.7 Å². The summed E-state index contributed by atoms with van der Waals surface area (Å²) in [6.07, 6.45) is 13.1. The summed E-state index contributed by atoms with van der Waals surface area (Å²) in [5, 5.41) is 9.33. The Morgan fingerprint density at radius 2 is 1.50 bits per heavy atom. The number of carboxylic acid groups (broad SMARTS) is 1. The van der Waals surface area contributed by atoms with Crippen LogP contribution in [0.4, 0.5) is 0 Å². The van der Waals surface area contributed by atoms with Crippen LogP contribution < -0.4 is 0 Å². The molecule has 0 aliphatic heterocycles. The van der Waals surface area contributed by atoms with Crippen molar-refractivity contribution in [3.8, 4) is 0 Å². The van der Waals surface area contributed by atoms with Crippen molar-refractivity contribution >= 4 is 5.97 Å². The SMILES string of the molecule is CCC=C(C(=O)O)[C@H]1CC[C@H]([C@H]2CC[C@H](C)CC2)CC1. The highest BCUT2D eigenvalue weighted by Crippen LogP contribution is 2.42.